The van der Waals surface area contributed by atoms with Gasteiger partial charge >= 0.3 is 0 Å². The molecule has 1 aromatic rings. The van der Waals surface area contributed by atoms with E-state index in [-0.39, 0.29) is 17.5 Å². The molecule has 1 aromatic carbocycles. The molecule has 0 spiro atoms. The first-order chi connectivity index (χ1) is 13.3. The number of benzene rings is 1. The minimum absolute atomic E-state index is 0.0418. The molecule has 1 N–H and O–H groups in total. The average molecular weight is 426 g/mol. The maximum absolute atomic E-state index is 12.0. The lowest BCUT2D eigenvalue weighted by molar-refractivity contribution is 0.0366. The first-order valence-electron chi connectivity index (χ1n) is 9.99. The zero-order valence-corrected chi connectivity index (χ0v) is 18.4. The van der Waals surface area contributed by atoms with E-state index in [0.717, 1.165) is 57.1 Å². The number of sulfone groups is 1. The molecular formula is C20H31N3O3S2. The molecule has 0 saturated carbocycles. The van der Waals surface area contributed by atoms with E-state index < -0.39 is 9.84 Å². The van der Waals surface area contributed by atoms with Gasteiger partial charge in [0.2, 0.25) is 0 Å². The zero-order valence-electron chi connectivity index (χ0n) is 16.8. The van der Waals surface area contributed by atoms with Crippen LogP contribution in [-0.4, -0.2) is 80.3 Å². The highest BCUT2D eigenvalue weighted by Crippen LogP contribution is 2.22. The number of nitrogens with one attached hydrogen (secondary N) is 1. The van der Waals surface area contributed by atoms with Gasteiger partial charge in [-0.25, -0.2) is 8.42 Å². The minimum atomic E-state index is -2.96. The van der Waals surface area contributed by atoms with E-state index in [9.17, 15) is 8.42 Å². The molecule has 0 amide bonds. The van der Waals surface area contributed by atoms with Crippen LogP contribution in [0.25, 0.3) is 0 Å². The summed E-state index contributed by atoms with van der Waals surface area (Å²) in [6.45, 7) is 9.34. The summed E-state index contributed by atoms with van der Waals surface area (Å²) in [7, 11) is -2.96. The van der Waals surface area contributed by atoms with Crippen LogP contribution in [0.1, 0.15) is 24.0 Å². The molecule has 8 heteroatoms. The Labute approximate surface area is 174 Å². The van der Waals surface area contributed by atoms with Gasteiger partial charge in [0, 0.05) is 37.9 Å². The zero-order chi connectivity index (χ0) is 20.1. The van der Waals surface area contributed by atoms with Gasteiger partial charge in [0.15, 0.2) is 14.9 Å². The Morgan fingerprint density at radius 3 is 2.75 bits per heavy atom. The number of anilines is 1. The summed E-state index contributed by atoms with van der Waals surface area (Å²) < 4.78 is 29.5. The Hall–Kier alpha value is -1.22. The maximum Gasteiger partial charge on any atom is 0.173 e. The van der Waals surface area contributed by atoms with Gasteiger partial charge in [0.25, 0.3) is 0 Å². The normalized spacial score (nSPS) is 22.1. The van der Waals surface area contributed by atoms with E-state index in [2.05, 4.69) is 40.2 Å². The molecule has 156 valence electrons. The van der Waals surface area contributed by atoms with Gasteiger partial charge in [-0.3, -0.25) is 4.90 Å². The van der Waals surface area contributed by atoms with Crippen LogP contribution in [-0.2, 0) is 14.6 Å². The van der Waals surface area contributed by atoms with Gasteiger partial charge in [0.05, 0.1) is 24.7 Å². The fraction of sp³-hybridized carbons (Fsp3) is 0.650. The largest absolute Gasteiger partial charge is 0.379 e. The maximum atomic E-state index is 12.0. The van der Waals surface area contributed by atoms with Crippen molar-refractivity contribution in [2.45, 2.75) is 32.7 Å². The smallest absolute Gasteiger partial charge is 0.173 e. The predicted molar refractivity (Wildman–Crippen MR) is 118 cm³/mol. The molecule has 28 heavy (non-hydrogen) atoms. The number of aryl methyl sites for hydroxylation is 2. The molecule has 2 fully saturated rings. The molecule has 2 saturated heterocycles. The van der Waals surface area contributed by atoms with Crippen molar-refractivity contribution >= 4 is 32.9 Å². The van der Waals surface area contributed by atoms with Crippen molar-refractivity contribution in [1.82, 2.24) is 9.80 Å². The van der Waals surface area contributed by atoms with Gasteiger partial charge in [-0.1, -0.05) is 12.1 Å². The van der Waals surface area contributed by atoms with Gasteiger partial charge in [-0.05, 0) is 56.1 Å². The van der Waals surface area contributed by atoms with Gasteiger partial charge in [-0.2, -0.15) is 0 Å². The SMILES string of the molecule is Cc1ccc(C)c(NC(=S)N(CCCN2CCOCC2)[C@@H]2CCS(=O)(=O)C2)c1. The number of thiocarbonyl (C=S) groups is 1. The minimum Gasteiger partial charge on any atom is -0.379 e. The Morgan fingerprint density at radius 2 is 2.07 bits per heavy atom. The fourth-order valence-electron chi connectivity index (χ4n) is 3.82. The molecule has 2 aliphatic rings. The number of morpholine rings is 1. The summed E-state index contributed by atoms with van der Waals surface area (Å²) in [5.74, 6) is 0.447. The molecule has 0 bridgehead atoms. The first-order valence-corrected chi connectivity index (χ1v) is 12.2. The Kier molecular flexibility index (Phi) is 7.31. The van der Waals surface area contributed by atoms with Crippen LogP contribution in [0.5, 0.6) is 0 Å². The number of ether oxygens (including phenoxy) is 1. The standard InChI is InChI=1S/C20H31N3O3S2/c1-16-4-5-17(2)19(14-16)21-20(27)23(18-6-13-28(24,25)15-18)8-3-7-22-9-11-26-12-10-22/h4-5,14,18H,3,6-13,15H2,1-2H3,(H,21,27)/t18-/m1/s1. The van der Waals surface area contributed by atoms with Gasteiger partial charge in [-0.15, -0.1) is 0 Å². The van der Waals surface area contributed by atoms with E-state index in [1.807, 2.05) is 6.92 Å². The van der Waals surface area contributed by atoms with Crippen molar-refractivity contribution < 1.29 is 13.2 Å². The van der Waals surface area contributed by atoms with E-state index >= 15 is 0 Å². The monoisotopic (exact) mass is 425 g/mol. The Bertz CT molecular complexity index is 792. The molecule has 1 atom stereocenters. The fourth-order valence-corrected chi connectivity index (χ4v) is 5.90. The molecule has 6 nitrogen and oxygen atoms in total. The summed E-state index contributed by atoms with van der Waals surface area (Å²) >= 11 is 5.73. The summed E-state index contributed by atoms with van der Waals surface area (Å²) in [6.07, 6.45) is 1.60. The lowest BCUT2D eigenvalue weighted by Gasteiger charge is -2.33. The summed E-state index contributed by atoms with van der Waals surface area (Å²) in [4.78, 5) is 4.50. The average Bonchev–Trinajstić information content (AvgIpc) is 3.02. The second-order valence-electron chi connectivity index (χ2n) is 7.81. The van der Waals surface area contributed by atoms with E-state index in [1.54, 1.807) is 0 Å². The number of rotatable bonds is 6. The lowest BCUT2D eigenvalue weighted by Crippen LogP contribution is -2.45. The van der Waals surface area contributed by atoms with Crippen molar-refractivity contribution in [1.29, 1.82) is 0 Å². The molecule has 0 radical (unpaired) electrons. The molecular weight excluding hydrogens is 394 g/mol. The predicted octanol–water partition coefficient (Wildman–Crippen LogP) is 2.21. The highest BCUT2D eigenvalue weighted by molar-refractivity contribution is 7.91. The topological polar surface area (TPSA) is 61.9 Å². The van der Waals surface area contributed by atoms with E-state index in [4.69, 9.17) is 17.0 Å². The first kappa shape index (κ1) is 21.5. The summed E-state index contributed by atoms with van der Waals surface area (Å²) in [5.41, 5.74) is 3.28. The second-order valence-corrected chi connectivity index (χ2v) is 10.4. The second kappa shape index (κ2) is 9.52. The lowest BCUT2D eigenvalue weighted by atomic mass is 10.1. The van der Waals surface area contributed by atoms with Crippen LogP contribution in [0.15, 0.2) is 18.2 Å². The molecule has 3 rings (SSSR count). The van der Waals surface area contributed by atoms with E-state index in [0.29, 0.717) is 11.5 Å². The molecule has 0 unspecified atom stereocenters. The van der Waals surface area contributed by atoms with E-state index in [1.165, 1.54) is 5.56 Å². The Morgan fingerprint density at radius 1 is 1.32 bits per heavy atom. The Balaban J connectivity index is 1.66. The third-order valence-corrected chi connectivity index (χ3v) is 7.61. The van der Waals surface area contributed by atoms with Crippen LogP contribution in [0.3, 0.4) is 0 Å². The van der Waals surface area contributed by atoms with Crippen LogP contribution in [0.2, 0.25) is 0 Å². The third-order valence-electron chi connectivity index (χ3n) is 5.52. The molecule has 2 heterocycles. The number of nitrogens with zero attached hydrogens (tertiary/aromatic N) is 2. The van der Waals surface area contributed by atoms with Crippen molar-refractivity contribution in [3.63, 3.8) is 0 Å². The van der Waals surface area contributed by atoms with Crippen molar-refractivity contribution in [2.24, 2.45) is 0 Å². The highest BCUT2D eigenvalue weighted by atomic mass is 32.2. The van der Waals surface area contributed by atoms with Gasteiger partial charge in [0.1, 0.15) is 0 Å². The van der Waals surface area contributed by atoms with Crippen LogP contribution in [0, 0.1) is 13.8 Å². The van der Waals surface area contributed by atoms with Crippen molar-refractivity contribution in [3.8, 4) is 0 Å². The summed E-state index contributed by atoms with van der Waals surface area (Å²) in [6, 6.07) is 6.19. The molecule has 0 aromatic heterocycles. The van der Waals surface area contributed by atoms with Crippen LogP contribution < -0.4 is 5.32 Å². The highest BCUT2D eigenvalue weighted by Gasteiger charge is 2.33. The van der Waals surface area contributed by atoms with Crippen LogP contribution in [0.4, 0.5) is 5.69 Å². The quantitative estimate of drug-likeness (QED) is 0.701. The van der Waals surface area contributed by atoms with Gasteiger partial charge < -0.3 is 15.0 Å². The van der Waals surface area contributed by atoms with Crippen molar-refractivity contribution in [2.75, 3.05) is 56.2 Å². The molecule has 0 aliphatic carbocycles. The summed E-state index contributed by atoms with van der Waals surface area (Å²) in [5, 5.41) is 4.00. The molecule has 2 aliphatic heterocycles. The number of hydrogen-bond donors (Lipinski definition) is 1. The van der Waals surface area contributed by atoms with Crippen molar-refractivity contribution in [3.05, 3.63) is 29.3 Å². The third kappa shape index (κ3) is 5.89. The van der Waals surface area contributed by atoms with Crippen LogP contribution >= 0.6 is 12.2 Å². The number of hydrogen-bond acceptors (Lipinski definition) is 5.